The highest BCUT2D eigenvalue weighted by Crippen LogP contribution is 2.32. The highest BCUT2D eigenvalue weighted by molar-refractivity contribution is 9.10. The third-order valence-corrected chi connectivity index (χ3v) is 3.80. The van der Waals surface area contributed by atoms with Gasteiger partial charge in [0.1, 0.15) is 0 Å². The molecule has 2 aromatic carbocycles. The van der Waals surface area contributed by atoms with Crippen molar-refractivity contribution in [3.63, 3.8) is 0 Å². The summed E-state index contributed by atoms with van der Waals surface area (Å²) in [5, 5.41) is 3.45. The van der Waals surface area contributed by atoms with E-state index in [4.69, 9.17) is 9.47 Å². The van der Waals surface area contributed by atoms with E-state index in [1.54, 1.807) is 0 Å². The van der Waals surface area contributed by atoms with Gasteiger partial charge in [-0.3, -0.25) is 0 Å². The topological polar surface area (TPSA) is 30.5 Å². The van der Waals surface area contributed by atoms with Crippen LogP contribution in [0.25, 0.3) is 0 Å². The van der Waals surface area contributed by atoms with Crippen molar-refractivity contribution in [1.82, 2.24) is 5.32 Å². The zero-order valence-corrected chi connectivity index (χ0v) is 12.7. The van der Waals surface area contributed by atoms with E-state index in [9.17, 15) is 0 Å². The second-order valence-electron chi connectivity index (χ2n) is 4.74. The smallest absolute Gasteiger partial charge is 0.231 e. The third kappa shape index (κ3) is 3.32. The molecule has 0 amide bonds. The van der Waals surface area contributed by atoms with E-state index < -0.39 is 0 Å². The minimum atomic E-state index is 0.334. The molecule has 0 fully saturated rings. The average Bonchev–Trinajstić information content (AvgIpc) is 2.93. The second-order valence-corrected chi connectivity index (χ2v) is 5.66. The van der Waals surface area contributed by atoms with E-state index in [-0.39, 0.29) is 0 Å². The summed E-state index contributed by atoms with van der Waals surface area (Å²) in [5.74, 6) is 1.70. The molecular weight excluding hydrogens is 318 g/mol. The fraction of sp³-hybridized carbons (Fsp3) is 0.250. The average molecular weight is 334 g/mol. The molecule has 0 saturated carbocycles. The molecule has 0 atom stereocenters. The molecule has 0 unspecified atom stereocenters. The van der Waals surface area contributed by atoms with Crippen LogP contribution in [0.3, 0.4) is 0 Å². The number of hydrogen-bond donors (Lipinski definition) is 1. The van der Waals surface area contributed by atoms with Crippen LogP contribution in [0, 0.1) is 0 Å². The van der Waals surface area contributed by atoms with Gasteiger partial charge in [0.05, 0.1) is 0 Å². The molecule has 0 spiro atoms. The van der Waals surface area contributed by atoms with Crippen molar-refractivity contribution >= 4 is 15.9 Å². The molecule has 0 aliphatic carbocycles. The Balaban J connectivity index is 1.47. The molecule has 2 aromatic rings. The maximum atomic E-state index is 5.38. The number of benzene rings is 2. The standard InChI is InChI=1S/C16H16BrNO2/c17-14-4-1-13(2-5-14)10-18-8-7-12-3-6-15-16(9-12)20-11-19-15/h1-6,9,18H,7-8,10-11H2. The molecule has 4 heteroatoms. The zero-order chi connectivity index (χ0) is 13.8. The Morgan fingerprint density at radius 2 is 1.70 bits per heavy atom. The van der Waals surface area contributed by atoms with Gasteiger partial charge < -0.3 is 14.8 Å². The van der Waals surface area contributed by atoms with Crippen molar-refractivity contribution < 1.29 is 9.47 Å². The first-order chi connectivity index (χ1) is 9.81. The number of ether oxygens (including phenoxy) is 2. The molecule has 0 bridgehead atoms. The highest BCUT2D eigenvalue weighted by Gasteiger charge is 2.12. The van der Waals surface area contributed by atoms with Crippen LogP contribution < -0.4 is 14.8 Å². The summed E-state index contributed by atoms with van der Waals surface area (Å²) < 4.78 is 11.8. The molecule has 3 rings (SSSR count). The number of nitrogens with one attached hydrogen (secondary N) is 1. The van der Waals surface area contributed by atoms with Crippen LogP contribution in [0.15, 0.2) is 46.9 Å². The van der Waals surface area contributed by atoms with Crippen molar-refractivity contribution in [3.05, 3.63) is 58.1 Å². The lowest BCUT2D eigenvalue weighted by molar-refractivity contribution is 0.174. The van der Waals surface area contributed by atoms with Crippen molar-refractivity contribution in [2.45, 2.75) is 13.0 Å². The fourth-order valence-electron chi connectivity index (χ4n) is 2.16. The summed E-state index contributed by atoms with van der Waals surface area (Å²) in [7, 11) is 0. The first-order valence-corrected chi connectivity index (χ1v) is 7.44. The molecular formula is C16H16BrNO2. The van der Waals surface area contributed by atoms with Crippen LogP contribution in [0.2, 0.25) is 0 Å². The normalized spacial score (nSPS) is 12.7. The summed E-state index contributed by atoms with van der Waals surface area (Å²) in [6.07, 6.45) is 0.979. The molecule has 0 radical (unpaired) electrons. The monoisotopic (exact) mass is 333 g/mol. The van der Waals surface area contributed by atoms with Gasteiger partial charge in [-0.25, -0.2) is 0 Å². The molecule has 0 saturated heterocycles. The van der Waals surface area contributed by atoms with Crippen molar-refractivity contribution in [1.29, 1.82) is 0 Å². The van der Waals surface area contributed by atoms with Crippen LogP contribution in [-0.2, 0) is 13.0 Å². The van der Waals surface area contributed by atoms with Gasteiger partial charge in [-0.05, 0) is 48.4 Å². The van der Waals surface area contributed by atoms with Gasteiger partial charge in [0, 0.05) is 11.0 Å². The molecule has 20 heavy (non-hydrogen) atoms. The summed E-state index contributed by atoms with van der Waals surface area (Å²) >= 11 is 3.44. The lowest BCUT2D eigenvalue weighted by Gasteiger charge is -2.06. The van der Waals surface area contributed by atoms with E-state index in [1.807, 2.05) is 6.07 Å². The SMILES string of the molecule is Brc1ccc(CNCCc2ccc3c(c2)OCO3)cc1. The van der Waals surface area contributed by atoms with Crippen LogP contribution in [0.4, 0.5) is 0 Å². The van der Waals surface area contributed by atoms with Crippen LogP contribution >= 0.6 is 15.9 Å². The van der Waals surface area contributed by atoms with Gasteiger partial charge in [-0.2, -0.15) is 0 Å². The van der Waals surface area contributed by atoms with Crippen molar-refractivity contribution in [2.75, 3.05) is 13.3 Å². The quantitative estimate of drug-likeness (QED) is 0.849. The summed E-state index contributed by atoms with van der Waals surface area (Å²) in [4.78, 5) is 0. The van der Waals surface area contributed by atoms with Crippen molar-refractivity contribution in [3.8, 4) is 11.5 Å². The van der Waals surface area contributed by atoms with Gasteiger partial charge in [0.2, 0.25) is 6.79 Å². The van der Waals surface area contributed by atoms with E-state index in [0.29, 0.717) is 6.79 Å². The Morgan fingerprint density at radius 3 is 2.55 bits per heavy atom. The Kier molecular flexibility index (Phi) is 4.23. The van der Waals surface area contributed by atoms with E-state index in [1.165, 1.54) is 11.1 Å². The third-order valence-electron chi connectivity index (χ3n) is 3.27. The molecule has 104 valence electrons. The Hall–Kier alpha value is -1.52. The maximum absolute atomic E-state index is 5.38. The maximum Gasteiger partial charge on any atom is 0.231 e. The Labute approximate surface area is 127 Å². The van der Waals surface area contributed by atoms with Gasteiger partial charge in [-0.1, -0.05) is 34.1 Å². The zero-order valence-electron chi connectivity index (χ0n) is 11.1. The minimum Gasteiger partial charge on any atom is -0.454 e. The van der Waals surface area contributed by atoms with E-state index in [2.05, 4.69) is 57.6 Å². The Morgan fingerprint density at radius 1 is 0.950 bits per heavy atom. The lowest BCUT2D eigenvalue weighted by atomic mass is 10.1. The van der Waals surface area contributed by atoms with Gasteiger partial charge >= 0.3 is 0 Å². The predicted octanol–water partition coefficient (Wildman–Crippen LogP) is 3.51. The van der Waals surface area contributed by atoms with E-state index >= 15 is 0 Å². The summed E-state index contributed by atoms with van der Waals surface area (Å²) in [6, 6.07) is 14.5. The van der Waals surface area contributed by atoms with Crippen LogP contribution in [0.5, 0.6) is 11.5 Å². The molecule has 0 aromatic heterocycles. The highest BCUT2D eigenvalue weighted by atomic mass is 79.9. The van der Waals surface area contributed by atoms with Crippen LogP contribution in [0.1, 0.15) is 11.1 Å². The largest absolute Gasteiger partial charge is 0.454 e. The fourth-order valence-corrected chi connectivity index (χ4v) is 2.43. The molecule has 1 aliphatic rings. The van der Waals surface area contributed by atoms with Crippen molar-refractivity contribution in [2.24, 2.45) is 0 Å². The number of fused-ring (bicyclic) bond motifs is 1. The molecule has 1 N–H and O–H groups in total. The number of halogens is 1. The van der Waals surface area contributed by atoms with Gasteiger partial charge in [-0.15, -0.1) is 0 Å². The van der Waals surface area contributed by atoms with Gasteiger partial charge in [0.25, 0.3) is 0 Å². The molecule has 3 nitrogen and oxygen atoms in total. The summed E-state index contributed by atoms with van der Waals surface area (Å²) in [6.45, 7) is 2.16. The first-order valence-electron chi connectivity index (χ1n) is 6.65. The predicted molar refractivity (Wildman–Crippen MR) is 82.1 cm³/mol. The first kappa shape index (κ1) is 13.5. The number of rotatable bonds is 5. The Bertz CT molecular complexity index is 584. The minimum absolute atomic E-state index is 0.334. The summed E-state index contributed by atoms with van der Waals surface area (Å²) in [5.41, 5.74) is 2.55. The lowest BCUT2D eigenvalue weighted by Crippen LogP contribution is -2.16. The molecule has 1 aliphatic heterocycles. The number of hydrogen-bond acceptors (Lipinski definition) is 3. The van der Waals surface area contributed by atoms with Crippen LogP contribution in [-0.4, -0.2) is 13.3 Å². The molecule has 1 heterocycles. The second kappa shape index (κ2) is 6.29. The van der Waals surface area contributed by atoms with Gasteiger partial charge in [0.15, 0.2) is 11.5 Å². The van der Waals surface area contributed by atoms with E-state index in [0.717, 1.165) is 35.5 Å².